The average molecular weight is 349 g/mol. The number of nitrogens with zero attached hydrogens (tertiary/aromatic N) is 3. The molecule has 130 valence electrons. The summed E-state index contributed by atoms with van der Waals surface area (Å²) < 4.78 is 32.1. The summed E-state index contributed by atoms with van der Waals surface area (Å²) in [7, 11) is -3.19. The number of rotatable bonds is 6. The van der Waals surface area contributed by atoms with Gasteiger partial charge in [0.2, 0.25) is 21.8 Å². The molecule has 1 aliphatic heterocycles. The van der Waals surface area contributed by atoms with Crippen molar-refractivity contribution in [2.75, 3.05) is 18.8 Å². The zero-order valence-electron chi connectivity index (χ0n) is 13.9. The van der Waals surface area contributed by atoms with Crippen molar-refractivity contribution in [3.8, 4) is 0 Å². The molecule has 0 amide bonds. The number of piperidine rings is 1. The minimum absolute atomic E-state index is 0.168. The van der Waals surface area contributed by atoms with E-state index in [9.17, 15) is 8.42 Å². The predicted molar refractivity (Wildman–Crippen MR) is 91.1 cm³/mol. The maximum absolute atomic E-state index is 12.5. The smallest absolute Gasteiger partial charge is 0.219 e. The molecule has 1 saturated heterocycles. The van der Waals surface area contributed by atoms with Gasteiger partial charge in [-0.15, -0.1) is 10.2 Å². The molecule has 6 nitrogen and oxygen atoms in total. The maximum atomic E-state index is 12.5. The van der Waals surface area contributed by atoms with Crippen molar-refractivity contribution < 1.29 is 12.8 Å². The van der Waals surface area contributed by atoms with Gasteiger partial charge in [-0.1, -0.05) is 30.3 Å². The van der Waals surface area contributed by atoms with Gasteiger partial charge in [0, 0.05) is 25.9 Å². The Labute approximate surface area is 142 Å². The van der Waals surface area contributed by atoms with Crippen LogP contribution in [0.4, 0.5) is 0 Å². The molecule has 1 aromatic carbocycles. The van der Waals surface area contributed by atoms with Crippen molar-refractivity contribution in [3.63, 3.8) is 0 Å². The van der Waals surface area contributed by atoms with Crippen LogP contribution in [0.1, 0.15) is 42.5 Å². The van der Waals surface area contributed by atoms with Crippen LogP contribution in [0.15, 0.2) is 34.7 Å². The Morgan fingerprint density at radius 2 is 1.88 bits per heavy atom. The number of sulfonamides is 1. The van der Waals surface area contributed by atoms with E-state index in [1.807, 2.05) is 30.3 Å². The molecule has 0 spiro atoms. The highest BCUT2D eigenvalue weighted by Crippen LogP contribution is 2.28. The molecule has 2 aromatic rings. The van der Waals surface area contributed by atoms with Crippen molar-refractivity contribution in [1.82, 2.24) is 14.5 Å². The molecule has 0 bridgehead atoms. The normalized spacial score (nSPS) is 17.2. The van der Waals surface area contributed by atoms with E-state index in [4.69, 9.17) is 4.42 Å². The summed E-state index contributed by atoms with van der Waals surface area (Å²) in [6, 6.07) is 9.99. The molecule has 1 aromatic heterocycles. The minimum atomic E-state index is -3.19. The molecule has 0 aliphatic carbocycles. The first-order valence-electron chi connectivity index (χ1n) is 8.36. The second-order valence-electron chi connectivity index (χ2n) is 6.24. The van der Waals surface area contributed by atoms with Gasteiger partial charge in [-0.25, -0.2) is 12.7 Å². The van der Waals surface area contributed by atoms with E-state index in [1.165, 1.54) is 5.56 Å². The molecule has 0 unspecified atom stereocenters. The first-order valence-corrected chi connectivity index (χ1v) is 9.97. The van der Waals surface area contributed by atoms with Gasteiger partial charge in [-0.3, -0.25) is 0 Å². The Bertz CT molecular complexity index is 750. The van der Waals surface area contributed by atoms with E-state index in [1.54, 1.807) is 11.2 Å². The molecular formula is C17H23N3O3S. The van der Waals surface area contributed by atoms with E-state index in [0.717, 1.165) is 19.3 Å². The van der Waals surface area contributed by atoms with Crippen LogP contribution in [0, 0.1) is 6.92 Å². The van der Waals surface area contributed by atoms with E-state index in [0.29, 0.717) is 31.3 Å². The van der Waals surface area contributed by atoms with E-state index in [-0.39, 0.29) is 11.7 Å². The lowest BCUT2D eigenvalue weighted by Crippen LogP contribution is -2.39. The average Bonchev–Trinajstić information content (AvgIpc) is 3.02. The first-order chi connectivity index (χ1) is 11.5. The zero-order valence-corrected chi connectivity index (χ0v) is 14.7. The van der Waals surface area contributed by atoms with Gasteiger partial charge in [0.1, 0.15) is 0 Å². The molecule has 0 N–H and O–H groups in total. The van der Waals surface area contributed by atoms with E-state index < -0.39 is 10.0 Å². The van der Waals surface area contributed by atoms with Crippen LogP contribution in [0.3, 0.4) is 0 Å². The monoisotopic (exact) mass is 349 g/mol. The summed E-state index contributed by atoms with van der Waals surface area (Å²) >= 11 is 0. The summed E-state index contributed by atoms with van der Waals surface area (Å²) in [6.07, 6.45) is 2.91. The van der Waals surface area contributed by atoms with E-state index in [2.05, 4.69) is 10.2 Å². The number of aryl methyl sites for hydroxylation is 2. The van der Waals surface area contributed by atoms with Crippen LogP contribution in [0.25, 0.3) is 0 Å². The third kappa shape index (κ3) is 4.21. The van der Waals surface area contributed by atoms with Crippen molar-refractivity contribution in [1.29, 1.82) is 0 Å². The third-order valence-corrected chi connectivity index (χ3v) is 6.41. The summed E-state index contributed by atoms with van der Waals surface area (Å²) in [5.41, 5.74) is 1.18. The van der Waals surface area contributed by atoms with Crippen molar-refractivity contribution >= 4 is 10.0 Å². The van der Waals surface area contributed by atoms with Gasteiger partial charge >= 0.3 is 0 Å². The summed E-state index contributed by atoms with van der Waals surface area (Å²) in [4.78, 5) is 0. The Balaban J connectivity index is 1.49. The number of benzene rings is 1. The minimum Gasteiger partial charge on any atom is -0.425 e. The molecule has 1 aliphatic rings. The molecule has 0 radical (unpaired) electrons. The second-order valence-corrected chi connectivity index (χ2v) is 8.33. The highest BCUT2D eigenvalue weighted by Gasteiger charge is 2.30. The van der Waals surface area contributed by atoms with Crippen LogP contribution in [0.5, 0.6) is 0 Å². The van der Waals surface area contributed by atoms with Gasteiger partial charge in [0.15, 0.2) is 0 Å². The third-order valence-electron chi connectivity index (χ3n) is 4.45. The molecule has 3 rings (SSSR count). The highest BCUT2D eigenvalue weighted by molar-refractivity contribution is 7.89. The molecule has 1 fully saturated rings. The van der Waals surface area contributed by atoms with E-state index >= 15 is 0 Å². The lowest BCUT2D eigenvalue weighted by molar-refractivity contribution is 0.287. The van der Waals surface area contributed by atoms with Crippen LogP contribution in [0.2, 0.25) is 0 Å². The van der Waals surface area contributed by atoms with Crippen LogP contribution < -0.4 is 0 Å². The SMILES string of the molecule is Cc1nnc(C2CCN(S(=O)(=O)CCCc3ccccc3)CC2)o1. The first kappa shape index (κ1) is 17.1. The van der Waals surface area contributed by atoms with Gasteiger partial charge in [0.25, 0.3) is 0 Å². The topological polar surface area (TPSA) is 76.3 Å². The molecule has 2 heterocycles. The van der Waals surface area contributed by atoms with Gasteiger partial charge < -0.3 is 4.42 Å². The Kier molecular flexibility index (Phi) is 5.30. The fourth-order valence-electron chi connectivity index (χ4n) is 3.09. The molecule has 0 atom stereocenters. The van der Waals surface area contributed by atoms with Crippen LogP contribution >= 0.6 is 0 Å². The Hall–Kier alpha value is -1.73. The number of hydrogen-bond donors (Lipinski definition) is 0. The lowest BCUT2D eigenvalue weighted by atomic mass is 9.98. The fourth-order valence-corrected chi connectivity index (χ4v) is 4.62. The fraction of sp³-hybridized carbons (Fsp3) is 0.529. The quantitative estimate of drug-likeness (QED) is 0.801. The van der Waals surface area contributed by atoms with Crippen molar-refractivity contribution in [3.05, 3.63) is 47.7 Å². The summed E-state index contributed by atoms with van der Waals surface area (Å²) in [6.45, 7) is 2.82. The molecular weight excluding hydrogens is 326 g/mol. The van der Waals surface area contributed by atoms with Crippen LogP contribution in [-0.2, 0) is 16.4 Å². The molecule has 7 heteroatoms. The van der Waals surface area contributed by atoms with Gasteiger partial charge in [0.05, 0.1) is 5.75 Å². The van der Waals surface area contributed by atoms with Gasteiger partial charge in [-0.05, 0) is 31.2 Å². The highest BCUT2D eigenvalue weighted by atomic mass is 32.2. The number of aromatic nitrogens is 2. The maximum Gasteiger partial charge on any atom is 0.219 e. The lowest BCUT2D eigenvalue weighted by Gasteiger charge is -2.29. The summed E-state index contributed by atoms with van der Waals surface area (Å²) in [5.74, 6) is 1.56. The van der Waals surface area contributed by atoms with Crippen LogP contribution in [-0.4, -0.2) is 41.8 Å². The largest absolute Gasteiger partial charge is 0.425 e. The Morgan fingerprint density at radius 1 is 1.17 bits per heavy atom. The second kappa shape index (κ2) is 7.44. The Morgan fingerprint density at radius 3 is 2.50 bits per heavy atom. The summed E-state index contributed by atoms with van der Waals surface area (Å²) in [5, 5.41) is 7.91. The standard InChI is InChI=1S/C17H23N3O3S/c1-14-18-19-17(23-14)16-9-11-20(12-10-16)24(21,22)13-5-8-15-6-3-2-4-7-15/h2-4,6-7,16H,5,8-13H2,1H3. The predicted octanol–water partition coefficient (Wildman–Crippen LogP) is 2.52. The van der Waals surface area contributed by atoms with Crippen molar-refractivity contribution in [2.24, 2.45) is 0 Å². The molecule has 0 saturated carbocycles. The van der Waals surface area contributed by atoms with Gasteiger partial charge in [-0.2, -0.15) is 0 Å². The molecule has 24 heavy (non-hydrogen) atoms. The zero-order chi connectivity index (χ0) is 17.0. The number of hydrogen-bond acceptors (Lipinski definition) is 5. The van der Waals surface area contributed by atoms with Crippen molar-refractivity contribution in [2.45, 2.75) is 38.5 Å².